The minimum atomic E-state index is -0.510. The van der Waals surface area contributed by atoms with E-state index in [-0.39, 0.29) is 18.4 Å². The van der Waals surface area contributed by atoms with Crippen LogP contribution >= 0.6 is 12.4 Å². The molecule has 0 amide bonds. The van der Waals surface area contributed by atoms with Crippen molar-refractivity contribution in [1.29, 1.82) is 0 Å². The zero-order valence-corrected chi connectivity index (χ0v) is 13.2. The van der Waals surface area contributed by atoms with Crippen molar-refractivity contribution < 1.29 is 8.78 Å². The summed E-state index contributed by atoms with van der Waals surface area (Å²) in [6, 6.07) is 10.1. The minimum Gasteiger partial charge on any atom is -0.399 e. The van der Waals surface area contributed by atoms with Crippen molar-refractivity contribution in [3.8, 4) is 0 Å². The number of nitrogen functional groups attached to an aromatic ring is 1. The average Bonchev–Trinajstić information content (AvgIpc) is 2.42. The molecule has 1 atom stereocenters. The third kappa shape index (κ3) is 3.23. The predicted octanol–water partition coefficient (Wildman–Crippen LogP) is 4.09. The maximum atomic E-state index is 13.8. The number of nitrogens with two attached hydrogens (primary N) is 1. The highest BCUT2D eigenvalue weighted by Gasteiger charge is 2.26. The Labute approximate surface area is 135 Å². The lowest BCUT2D eigenvalue weighted by atomic mass is 9.92. The normalized spacial score (nSPS) is 17.7. The highest BCUT2D eigenvalue weighted by atomic mass is 35.5. The van der Waals surface area contributed by atoms with Crippen molar-refractivity contribution in [3.05, 3.63) is 64.7 Å². The maximum absolute atomic E-state index is 13.8. The Morgan fingerprint density at radius 3 is 2.73 bits per heavy atom. The molecule has 1 aliphatic rings. The van der Waals surface area contributed by atoms with Crippen LogP contribution in [0.5, 0.6) is 0 Å². The van der Waals surface area contributed by atoms with Gasteiger partial charge >= 0.3 is 0 Å². The number of benzene rings is 2. The fraction of sp³-hybridized carbons (Fsp3) is 0.294. The van der Waals surface area contributed by atoms with Crippen LogP contribution in [0.3, 0.4) is 0 Å². The highest BCUT2D eigenvalue weighted by molar-refractivity contribution is 5.85. The van der Waals surface area contributed by atoms with Crippen molar-refractivity contribution in [1.82, 2.24) is 4.90 Å². The summed E-state index contributed by atoms with van der Waals surface area (Å²) in [5.41, 5.74) is 9.04. The van der Waals surface area contributed by atoms with Gasteiger partial charge in [0.2, 0.25) is 0 Å². The largest absolute Gasteiger partial charge is 0.399 e. The SMILES string of the molecule is CC1c2cc(F)cc(F)c2CCN1Cc1cccc(N)c1.Cl. The van der Waals surface area contributed by atoms with Crippen LogP contribution in [-0.2, 0) is 13.0 Å². The summed E-state index contributed by atoms with van der Waals surface area (Å²) < 4.78 is 27.3. The molecule has 2 N–H and O–H groups in total. The molecular formula is C17H19ClF2N2. The van der Waals surface area contributed by atoms with Gasteiger partial charge in [-0.25, -0.2) is 8.78 Å². The number of fused-ring (bicyclic) bond motifs is 1. The van der Waals surface area contributed by atoms with Crippen molar-refractivity contribution >= 4 is 18.1 Å². The van der Waals surface area contributed by atoms with E-state index >= 15 is 0 Å². The van der Waals surface area contributed by atoms with E-state index in [0.29, 0.717) is 12.0 Å². The fourth-order valence-electron chi connectivity index (χ4n) is 3.05. The van der Waals surface area contributed by atoms with E-state index in [1.54, 1.807) is 0 Å². The molecule has 0 fully saturated rings. The zero-order valence-electron chi connectivity index (χ0n) is 12.4. The maximum Gasteiger partial charge on any atom is 0.129 e. The molecule has 2 aromatic rings. The molecule has 0 bridgehead atoms. The van der Waals surface area contributed by atoms with E-state index in [0.717, 1.165) is 36.0 Å². The molecule has 0 aromatic heterocycles. The molecule has 0 spiro atoms. The van der Waals surface area contributed by atoms with Gasteiger partial charge < -0.3 is 5.73 Å². The van der Waals surface area contributed by atoms with Gasteiger partial charge in [0.25, 0.3) is 0 Å². The first-order chi connectivity index (χ1) is 10.0. The summed E-state index contributed by atoms with van der Waals surface area (Å²) in [6.07, 6.45) is 0.605. The van der Waals surface area contributed by atoms with Gasteiger partial charge in [0, 0.05) is 30.9 Å². The van der Waals surface area contributed by atoms with E-state index in [1.165, 1.54) is 6.07 Å². The van der Waals surface area contributed by atoms with Gasteiger partial charge in [-0.1, -0.05) is 12.1 Å². The lowest BCUT2D eigenvalue weighted by Crippen LogP contribution is -2.34. The molecule has 0 aliphatic carbocycles. The Hall–Kier alpha value is -1.65. The first-order valence-electron chi connectivity index (χ1n) is 7.11. The fourth-order valence-corrected chi connectivity index (χ4v) is 3.05. The molecule has 3 rings (SSSR count). The highest BCUT2D eigenvalue weighted by Crippen LogP contribution is 2.32. The Morgan fingerprint density at radius 2 is 2.00 bits per heavy atom. The Kier molecular flexibility index (Phi) is 5.04. The molecule has 0 saturated carbocycles. The van der Waals surface area contributed by atoms with Crippen molar-refractivity contribution in [3.63, 3.8) is 0 Å². The lowest BCUT2D eigenvalue weighted by molar-refractivity contribution is 0.187. The van der Waals surface area contributed by atoms with E-state index in [9.17, 15) is 8.78 Å². The van der Waals surface area contributed by atoms with Crippen LogP contribution in [0.1, 0.15) is 29.7 Å². The Bertz CT molecular complexity index is 676. The standard InChI is InChI=1S/C17H18F2N2.ClH/c1-11-16-8-13(18)9-17(19)15(16)5-6-21(11)10-12-3-2-4-14(20)7-12;/h2-4,7-9,11H,5-6,10,20H2,1H3;1H. The average molecular weight is 325 g/mol. The summed E-state index contributed by atoms with van der Waals surface area (Å²) in [6.45, 7) is 3.47. The van der Waals surface area contributed by atoms with Gasteiger partial charge in [-0.05, 0) is 48.2 Å². The summed E-state index contributed by atoms with van der Waals surface area (Å²) in [4.78, 5) is 2.22. The number of halogens is 3. The van der Waals surface area contributed by atoms with Crippen LogP contribution in [0.25, 0.3) is 0 Å². The second-order valence-electron chi connectivity index (χ2n) is 5.60. The molecule has 5 heteroatoms. The van der Waals surface area contributed by atoms with Crippen molar-refractivity contribution in [2.75, 3.05) is 12.3 Å². The molecule has 22 heavy (non-hydrogen) atoms. The molecule has 1 unspecified atom stereocenters. The second-order valence-corrected chi connectivity index (χ2v) is 5.60. The third-order valence-electron chi connectivity index (χ3n) is 4.18. The first-order valence-corrected chi connectivity index (χ1v) is 7.11. The Morgan fingerprint density at radius 1 is 1.23 bits per heavy atom. The monoisotopic (exact) mass is 324 g/mol. The van der Waals surface area contributed by atoms with Gasteiger partial charge in [-0.2, -0.15) is 0 Å². The molecule has 2 nitrogen and oxygen atoms in total. The molecule has 118 valence electrons. The van der Waals surface area contributed by atoms with Crippen LogP contribution in [0, 0.1) is 11.6 Å². The second kappa shape index (κ2) is 6.63. The smallest absolute Gasteiger partial charge is 0.129 e. The Balaban J connectivity index is 0.00000176. The lowest BCUT2D eigenvalue weighted by Gasteiger charge is -2.35. The number of hydrogen-bond acceptors (Lipinski definition) is 2. The van der Waals surface area contributed by atoms with E-state index in [1.807, 2.05) is 31.2 Å². The molecular weight excluding hydrogens is 306 g/mol. The number of rotatable bonds is 2. The molecule has 1 heterocycles. The zero-order chi connectivity index (χ0) is 15.0. The van der Waals surface area contributed by atoms with Crippen molar-refractivity contribution in [2.45, 2.75) is 25.9 Å². The van der Waals surface area contributed by atoms with E-state index in [2.05, 4.69) is 4.90 Å². The number of nitrogens with zero attached hydrogens (tertiary/aromatic N) is 1. The first kappa shape index (κ1) is 16.7. The van der Waals surface area contributed by atoms with Gasteiger partial charge in [0.1, 0.15) is 11.6 Å². The van der Waals surface area contributed by atoms with Gasteiger partial charge in [0.15, 0.2) is 0 Å². The topological polar surface area (TPSA) is 29.3 Å². The molecule has 1 aliphatic heterocycles. The van der Waals surface area contributed by atoms with Gasteiger partial charge in [-0.3, -0.25) is 4.90 Å². The summed E-state index contributed by atoms with van der Waals surface area (Å²) in [5.74, 6) is -0.940. The van der Waals surface area contributed by atoms with E-state index in [4.69, 9.17) is 5.73 Å². The van der Waals surface area contributed by atoms with Crippen LogP contribution in [-0.4, -0.2) is 11.4 Å². The van der Waals surface area contributed by atoms with E-state index < -0.39 is 11.6 Å². The quantitative estimate of drug-likeness (QED) is 0.843. The number of hydrogen-bond donors (Lipinski definition) is 1. The van der Waals surface area contributed by atoms with Gasteiger partial charge in [0.05, 0.1) is 0 Å². The number of anilines is 1. The third-order valence-corrected chi connectivity index (χ3v) is 4.18. The van der Waals surface area contributed by atoms with Crippen LogP contribution in [0.2, 0.25) is 0 Å². The summed E-state index contributed by atoms with van der Waals surface area (Å²) in [5, 5.41) is 0. The summed E-state index contributed by atoms with van der Waals surface area (Å²) in [7, 11) is 0. The molecule has 0 radical (unpaired) electrons. The van der Waals surface area contributed by atoms with Gasteiger partial charge in [-0.15, -0.1) is 12.4 Å². The van der Waals surface area contributed by atoms with Crippen molar-refractivity contribution in [2.24, 2.45) is 0 Å². The minimum absolute atomic E-state index is 0. The molecule has 2 aromatic carbocycles. The van der Waals surface area contributed by atoms with Crippen LogP contribution < -0.4 is 5.73 Å². The molecule has 0 saturated heterocycles. The predicted molar refractivity (Wildman–Crippen MR) is 87.0 cm³/mol. The van der Waals surface area contributed by atoms with Crippen LogP contribution in [0.15, 0.2) is 36.4 Å². The summed E-state index contributed by atoms with van der Waals surface area (Å²) >= 11 is 0. The van der Waals surface area contributed by atoms with Crippen LogP contribution in [0.4, 0.5) is 14.5 Å².